The van der Waals surface area contributed by atoms with Crippen molar-refractivity contribution in [2.45, 2.75) is 0 Å². The molecule has 0 aromatic carbocycles. The molecule has 0 saturated carbocycles. The summed E-state index contributed by atoms with van der Waals surface area (Å²) in [6.07, 6.45) is 7.06. The first-order valence-electron chi connectivity index (χ1n) is 3.06. The Balaban J connectivity index is 3.09. The number of hydrogen-bond donors (Lipinski definition) is 0. The normalized spacial score (nSPS) is 8.80. The highest BCUT2D eigenvalue weighted by atomic mass is 14.6. The van der Waals surface area contributed by atoms with Crippen molar-refractivity contribution < 1.29 is 0 Å². The molecule has 0 fully saturated rings. The second-order valence-corrected chi connectivity index (χ2v) is 1.96. The Morgan fingerprint density at radius 1 is 1.10 bits per heavy atom. The van der Waals surface area contributed by atoms with E-state index in [9.17, 15) is 0 Å². The molecule has 0 aliphatic rings. The van der Waals surface area contributed by atoms with Gasteiger partial charge in [0, 0.05) is 12.4 Å². The van der Waals surface area contributed by atoms with Crippen LogP contribution < -0.4 is 0 Å². The van der Waals surface area contributed by atoms with Gasteiger partial charge >= 0.3 is 0 Å². The molecule has 1 aromatic rings. The van der Waals surface area contributed by atoms with Gasteiger partial charge in [0.2, 0.25) is 0 Å². The summed E-state index contributed by atoms with van der Waals surface area (Å²) in [6.45, 7) is 7.26. The van der Waals surface area contributed by atoms with Gasteiger partial charge < -0.3 is 0 Å². The molecule has 0 atom stereocenters. The fourth-order valence-electron chi connectivity index (χ4n) is 0.700. The van der Waals surface area contributed by atoms with E-state index in [1.807, 2.05) is 6.07 Å². The molecule has 0 bridgehead atoms. The average Bonchev–Trinajstić information content (AvgIpc) is 2.05. The molecule has 0 N–H and O–H groups in total. The first-order chi connectivity index (χ1) is 4.86. The highest BCUT2D eigenvalue weighted by Crippen LogP contribution is 2.03. The monoisotopic (exact) mass is 131 g/mol. The first kappa shape index (κ1) is 6.75. The molecule has 1 rings (SSSR count). The van der Waals surface area contributed by atoms with E-state index >= 15 is 0 Å². The third-order valence-electron chi connectivity index (χ3n) is 1.25. The van der Waals surface area contributed by atoms with Gasteiger partial charge in [0.15, 0.2) is 0 Å². The van der Waals surface area contributed by atoms with Crippen molar-refractivity contribution in [1.82, 2.24) is 4.98 Å². The Hall–Kier alpha value is -1.37. The molecule has 0 spiro atoms. The third-order valence-corrected chi connectivity index (χ3v) is 1.25. The summed E-state index contributed by atoms with van der Waals surface area (Å²) < 4.78 is 0. The van der Waals surface area contributed by atoms with Crippen LogP contribution in [0.3, 0.4) is 0 Å². The molecule has 0 saturated heterocycles. The zero-order valence-corrected chi connectivity index (χ0v) is 5.75. The third kappa shape index (κ3) is 1.32. The number of nitrogens with zero attached hydrogens (tertiary/aromatic N) is 1. The molecule has 1 heterocycles. The predicted molar refractivity (Wildman–Crippen MR) is 44.4 cm³/mol. The molecule has 10 heavy (non-hydrogen) atoms. The van der Waals surface area contributed by atoms with Crippen LogP contribution in [0.4, 0.5) is 0 Å². The smallest absolute Gasteiger partial charge is 0.0340 e. The van der Waals surface area contributed by atoms with Crippen LogP contribution in [0.15, 0.2) is 31.6 Å². The molecule has 0 amide bonds. The van der Waals surface area contributed by atoms with Crippen LogP contribution in [0.2, 0.25) is 0 Å². The SMILES string of the molecule is C=Cc1cncc(C=C)c1. The highest BCUT2D eigenvalue weighted by molar-refractivity contribution is 5.53. The van der Waals surface area contributed by atoms with Crippen molar-refractivity contribution in [1.29, 1.82) is 0 Å². The molecule has 1 nitrogen and oxygen atoms in total. The van der Waals surface area contributed by atoms with Crippen molar-refractivity contribution in [3.8, 4) is 0 Å². The van der Waals surface area contributed by atoms with Crippen LogP contribution in [0.5, 0.6) is 0 Å². The van der Waals surface area contributed by atoms with Crippen molar-refractivity contribution >= 4 is 12.2 Å². The lowest BCUT2D eigenvalue weighted by molar-refractivity contribution is 1.31. The summed E-state index contributed by atoms with van der Waals surface area (Å²) in [5, 5.41) is 0. The Bertz CT molecular complexity index is 227. The van der Waals surface area contributed by atoms with Crippen molar-refractivity contribution in [2.75, 3.05) is 0 Å². The maximum Gasteiger partial charge on any atom is 0.0340 e. The molecule has 0 aliphatic carbocycles. The molecule has 0 radical (unpaired) electrons. The summed E-state index contributed by atoms with van der Waals surface area (Å²) in [7, 11) is 0. The molecular formula is C9H9N. The average molecular weight is 131 g/mol. The minimum Gasteiger partial charge on any atom is -0.263 e. The van der Waals surface area contributed by atoms with E-state index in [4.69, 9.17) is 0 Å². The Kier molecular flexibility index (Phi) is 2.00. The van der Waals surface area contributed by atoms with Crippen LogP contribution in [0.25, 0.3) is 12.2 Å². The van der Waals surface area contributed by atoms with Crippen molar-refractivity contribution in [2.24, 2.45) is 0 Å². The zero-order chi connectivity index (χ0) is 7.40. The topological polar surface area (TPSA) is 12.9 Å². The minimum atomic E-state index is 1.03. The van der Waals surface area contributed by atoms with Crippen LogP contribution in [0.1, 0.15) is 11.1 Å². The van der Waals surface area contributed by atoms with Crippen molar-refractivity contribution in [3.05, 3.63) is 42.7 Å². The highest BCUT2D eigenvalue weighted by Gasteiger charge is 1.86. The van der Waals surface area contributed by atoms with Gasteiger partial charge in [-0.1, -0.05) is 25.3 Å². The van der Waals surface area contributed by atoms with E-state index in [0.29, 0.717) is 0 Å². The standard InChI is InChI=1S/C9H9N/c1-3-8-5-9(4-2)7-10-6-8/h3-7H,1-2H2. The van der Waals surface area contributed by atoms with Gasteiger partial charge in [0.1, 0.15) is 0 Å². The first-order valence-corrected chi connectivity index (χ1v) is 3.06. The summed E-state index contributed by atoms with van der Waals surface area (Å²) in [5.74, 6) is 0. The molecular weight excluding hydrogens is 122 g/mol. The summed E-state index contributed by atoms with van der Waals surface area (Å²) in [5.41, 5.74) is 2.05. The zero-order valence-electron chi connectivity index (χ0n) is 5.75. The molecule has 1 aromatic heterocycles. The van der Waals surface area contributed by atoms with E-state index in [0.717, 1.165) is 11.1 Å². The Morgan fingerprint density at radius 3 is 2.00 bits per heavy atom. The van der Waals surface area contributed by atoms with Crippen LogP contribution in [0, 0.1) is 0 Å². The van der Waals surface area contributed by atoms with Crippen LogP contribution in [-0.4, -0.2) is 4.98 Å². The van der Waals surface area contributed by atoms with E-state index in [2.05, 4.69) is 18.1 Å². The van der Waals surface area contributed by atoms with Crippen LogP contribution >= 0.6 is 0 Å². The van der Waals surface area contributed by atoms with E-state index < -0.39 is 0 Å². The lowest BCUT2D eigenvalue weighted by atomic mass is 10.2. The Labute approximate surface area is 60.7 Å². The number of aromatic nitrogens is 1. The van der Waals surface area contributed by atoms with Gasteiger partial charge in [-0.25, -0.2) is 0 Å². The number of pyridine rings is 1. The van der Waals surface area contributed by atoms with Gasteiger partial charge in [-0.2, -0.15) is 0 Å². The van der Waals surface area contributed by atoms with Crippen molar-refractivity contribution in [3.63, 3.8) is 0 Å². The lowest BCUT2D eigenvalue weighted by Gasteiger charge is -1.92. The largest absolute Gasteiger partial charge is 0.263 e. The van der Waals surface area contributed by atoms with Gasteiger partial charge in [0.25, 0.3) is 0 Å². The summed E-state index contributed by atoms with van der Waals surface area (Å²) in [4.78, 5) is 3.98. The van der Waals surface area contributed by atoms with E-state index in [1.165, 1.54) is 0 Å². The predicted octanol–water partition coefficient (Wildman–Crippen LogP) is 2.37. The molecule has 0 aliphatic heterocycles. The fraction of sp³-hybridized carbons (Fsp3) is 0. The van der Waals surface area contributed by atoms with Gasteiger partial charge in [0.05, 0.1) is 0 Å². The second-order valence-electron chi connectivity index (χ2n) is 1.96. The summed E-state index contributed by atoms with van der Waals surface area (Å²) in [6, 6.07) is 1.98. The Morgan fingerprint density at radius 2 is 1.60 bits per heavy atom. The molecule has 1 heteroatoms. The maximum atomic E-state index is 3.98. The maximum absolute atomic E-state index is 3.98. The molecule has 0 unspecified atom stereocenters. The van der Waals surface area contributed by atoms with Gasteiger partial charge in [-0.05, 0) is 17.2 Å². The van der Waals surface area contributed by atoms with Gasteiger partial charge in [-0.15, -0.1) is 0 Å². The van der Waals surface area contributed by atoms with Crippen LogP contribution in [-0.2, 0) is 0 Å². The van der Waals surface area contributed by atoms with E-state index in [-0.39, 0.29) is 0 Å². The second kappa shape index (κ2) is 2.97. The number of hydrogen-bond acceptors (Lipinski definition) is 1. The quantitative estimate of drug-likeness (QED) is 0.600. The lowest BCUT2D eigenvalue weighted by Crippen LogP contribution is -1.77. The summed E-state index contributed by atoms with van der Waals surface area (Å²) >= 11 is 0. The van der Waals surface area contributed by atoms with E-state index in [1.54, 1.807) is 24.5 Å². The number of rotatable bonds is 2. The minimum absolute atomic E-state index is 1.03. The molecule has 50 valence electrons. The van der Waals surface area contributed by atoms with Gasteiger partial charge in [-0.3, -0.25) is 4.98 Å². The fourth-order valence-corrected chi connectivity index (χ4v) is 0.700.